The molecular formula is C12H28N4O. The number of unbranched alkanes of at least 4 members (excludes halogenated alkanes) is 1. The minimum absolute atomic E-state index is 0.404. The van der Waals surface area contributed by atoms with Crippen LogP contribution in [0.5, 0.6) is 0 Å². The van der Waals surface area contributed by atoms with Crippen molar-refractivity contribution in [1.82, 2.24) is 10.3 Å². The molecule has 0 fully saturated rings. The lowest BCUT2D eigenvalue weighted by Gasteiger charge is -2.30. The van der Waals surface area contributed by atoms with Gasteiger partial charge >= 0.3 is 0 Å². The number of guanidine groups is 1. The molecule has 1 unspecified atom stereocenters. The standard InChI is InChI=1S/C12H28N4O/c1-5-7-8-14-12(15-13)16(9-10-17-4)11(3)6-2/h11H,5-10,13H2,1-4H3,(H,14,15). The van der Waals surface area contributed by atoms with Gasteiger partial charge in [0.05, 0.1) is 6.61 Å². The number of nitrogens with one attached hydrogen (secondary N) is 1. The van der Waals surface area contributed by atoms with E-state index in [1.54, 1.807) is 7.11 Å². The van der Waals surface area contributed by atoms with Crippen LogP contribution in [-0.2, 0) is 4.74 Å². The Labute approximate surface area is 105 Å². The first-order valence-electron chi connectivity index (χ1n) is 6.47. The Hall–Kier alpha value is -0.810. The van der Waals surface area contributed by atoms with E-state index in [0.717, 1.165) is 38.3 Å². The summed E-state index contributed by atoms with van der Waals surface area (Å²) in [4.78, 5) is 6.67. The highest BCUT2D eigenvalue weighted by molar-refractivity contribution is 5.79. The molecule has 0 aliphatic heterocycles. The maximum absolute atomic E-state index is 5.56. The smallest absolute Gasteiger partial charge is 0.208 e. The quantitative estimate of drug-likeness (QED) is 0.222. The van der Waals surface area contributed by atoms with Crippen molar-refractivity contribution in [2.24, 2.45) is 10.8 Å². The molecule has 0 aromatic carbocycles. The van der Waals surface area contributed by atoms with Crippen molar-refractivity contribution in [3.05, 3.63) is 0 Å². The van der Waals surface area contributed by atoms with Crippen LogP contribution in [0.2, 0.25) is 0 Å². The molecule has 0 saturated carbocycles. The number of hydrazine groups is 1. The number of rotatable bonds is 8. The van der Waals surface area contributed by atoms with Gasteiger partial charge in [-0.3, -0.25) is 10.4 Å². The van der Waals surface area contributed by atoms with Gasteiger partial charge in [-0.1, -0.05) is 20.3 Å². The third kappa shape index (κ3) is 6.48. The topological polar surface area (TPSA) is 62.9 Å². The van der Waals surface area contributed by atoms with Gasteiger partial charge in [0.15, 0.2) is 0 Å². The maximum atomic E-state index is 5.56. The van der Waals surface area contributed by atoms with Gasteiger partial charge in [0, 0.05) is 26.2 Å². The van der Waals surface area contributed by atoms with Crippen molar-refractivity contribution in [2.75, 3.05) is 26.8 Å². The SMILES string of the molecule is CCCCN=C(NN)N(CCOC)C(C)CC. The van der Waals surface area contributed by atoms with E-state index in [1.165, 1.54) is 0 Å². The number of aliphatic imine (C=N–C) groups is 1. The molecule has 0 aromatic rings. The van der Waals surface area contributed by atoms with Crippen molar-refractivity contribution < 1.29 is 4.74 Å². The third-order valence-electron chi connectivity index (χ3n) is 2.83. The summed E-state index contributed by atoms with van der Waals surface area (Å²) in [5, 5.41) is 0. The molecule has 5 heteroatoms. The van der Waals surface area contributed by atoms with E-state index >= 15 is 0 Å². The molecule has 0 amide bonds. The van der Waals surface area contributed by atoms with Crippen molar-refractivity contribution in [1.29, 1.82) is 0 Å². The number of methoxy groups -OCH3 is 1. The summed E-state index contributed by atoms with van der Waals surface area (Å²) in [6, 6.07) is 0.404. The summed E-state index contributed by atoms with van der Waals surface area (Å²) in [5.41, 5.74) is 2.71. The van der Waals surface area contributed by atoms with Gasteiger partial charge in [0.1, 0.15) is 0 Å². The van der Waals surface area contributed by atoms with Crippen LogP contribution >= 0.6 is 0 Å². The summed E-state index contributed by atoms with van der Waals surface area (Å²) >= 11 is 0. The highest BCUT2D eigenvalue weighted by Crippen LogP contribution is 2.04. The van der Waals surface area contributed by atoms with E-state index in [4.69, 9.17) is 10.6 Å². The van der Waals surface area contributed by atoms with E-state index in [-0.39, 0.29) is 0 Å². The largest absolute Gasteiger partial charge is 0.383 e. The van der Waals surface area contributed by atoms with Crippen LogP contribution in [0.4, 0.5) is 0 Å². The van der Waals surface area contributed by atoms with E-state index in [1.807, 2.05) is 0 Å². The van der Waals surface area contributed by atoms with Gasteiger partial charge in [-0.25, -0.2) is 5.84 Å². The second-order valence-corrected chi connectivity index (χ2v) is 4.15. The Morgan fingerprint density at radius 2 is 2.18 bits per heavy atom. The fraction of sp³-hybridized carbons (Fsp3) is 0.917. The van der Waals surface area contributed by atoms with Crippen LogP contribution in [0.25, 0.3) is 0 Å². The lowest BCUT2D eigenvalue weighted by Crippen LogP contribution is -2.50. The average molecular weight is 244 g/mol. The summed E-state index contributed by atoms with van der Waals surface area (Å²) < 4.78 is 5.12. The van der Waals surface area contributed by atoms with Gasteiger partial charge in [-0.2, -0.15) is 0 Å². The predicted molar refractivity (Wildman–Crippen MR) is 72.9 cm³/mol. The van der Waals surface area contributed by atoms with E-state index in [0.29, 0.717) is 12.6 Å². The number of nitrogens with zero attached hydrogens (tertiary/aromatic N) is 2. The maximum Gasteiger partial charge on any atom is 0.208 e. The lowest BCUT2D eigenvalue weighted by atomic mass is 10.2. The normalized spacial score (nSPS) is 13.6. The number of nitrogens with two attached hydrogens (primary N) is 1. The van der Waals surface area contributed by atoms with E-state index < -0.39 is 0 Å². The molecule has 0 aromatic heterocycles. The van der Waals surface area contributed by atoms with Gasteiger partial charge in [-0.05, 0) is 19.8 Å². The molecule has 0 aliphatic rings. The molecule has 102 valence electrons. The lowest BCUT2D eigenvalue weighted by molar-refractivity contribution is 0.161. The molecular weight excluding hydrogens is 216 g/mol. The third-order valence-corrected chi connectivity index (χ3v) is 2.83. The van der Waals surface area contributed by atoms with Crippen molar-refractivity contribution in [3.63, 3.8) is 0 Å². The second-order valence-electron chi connectivity index (χ2n) is 4.15. The average Bonchev–Trinajstić information content (AvgIpc) is 2.36. The first-order valence-corrected chi connectivity index (χ1v) is 6.47. The van der Waals surface area contributed by atoms with Crippen LogP contribution < -0.4 is 11.3 Å². The second kappa shape index (κ2) is 10.4. The highest BCUT2D eigenvalue weighted by atomic mass is 16.5. The predicted octanol–water partition coefficient (Wildman–Crippen LogP) is 1.35. The first-order chi connectivity index (χ1) is 8.21. The zero-order chi connectivity index (χ0) is 13.1. The number of ether oxygens (including phenoxy) is 1. The number of hydrogen-bond acceptors (Lipinski definition) is 3. The van der Waals surface area contributed by atoms with E-state index in [2.05, 4.69) is 36.1 Å². The molecule has 0 aliphatic carbocycles. The summed E-state index contributed by atoms with van der Waals surface area (Å²) in [7, 11) is 1.71. The molecule has 3 N–H and O–H groups in total. The fourth-order valence-electron chi connectivity index (χ4n) is 1.51. The van der Waals surface area contributed by atoms with Crippen molar-refractivity contribution in [2.45, 2.75) is 46.1 Å². The molecule has 0 bridgehead atoms. The Bertz CT molecular complexity index is 209. The van der Waals surface area contributed by atoms with Crippen molar-refractivity contribution in [3.8, 4) is 0 Å². The van der Waals surface area contributed by atoms with Gasteiger partial charge < -0.3 is 9.64 Å². The molecule has 0 rings (SSSR count). The van der Waals surface area contributed by atoms with Crippen molar-refractivity contribution >= 4 is 5.96 Å². The van der Waals surface area contributed by atoms with Crippen LogP contribution in [0.15, 0.2) is 4.99 Å². The van der Waals surface area contributed by atoms with Crippen LogP contribution in [0.1, 0.15) is 40.0 Å². The van der Waals surface area contributed by atoms with Gasteiger partial charge in [-0.15, -0.1) is 0 Å². The summed E-state index contributed by atoms with van der Waals surface area (Å²) in [5.74, 6) is 6.33. The zero-order valence-electron chi connectivity index (χ0n) is 11.7. The Morgan fingerprint density at radius 1 is 1.47 bits per heavy atom. The fourth-order valence-corrected chi connectivity index (χ4v) is 1.51. The monoisotopic (exact) mass is 244 g/mol. The zero-order valence-corrected chi connectivity index (χ0v) is 11.7. The highest BCUT2D eigenvalue weighted by Gasteiger charge is 2.15. The van der Waals surface area contributed by atoms with Crippen LogP contribution in [0, 0.1) is 0 Å². The molecule has 0 spiro atoms. The number of hydrogen-bond donors (Lipinski definition) is 2. The van der Waals surface area contributed by atoms with Crippen LogP contribution in [-0.4, -0.2) is 43.7 Å². The molecule has 17 heavy (non-hydrogen) atoms. The Kier molecular flexibility index (Phi) is 9.86. The molecule has 0 saturated heterocycles. The van der Waals surface area contributed by atoms with Gasteiger partial charge in [0.25, 0.3) is 0 Å². The summed E-state index contributed by atoms with van der Waals surface area (Å²) in [6.45, 7) is 8.78. The Morgan fingerprint density at radius 3 is 2.65 bits per heavy atom. The minimum atomic E-state index is 0.404. The first kappa shape index (κ1) is 16.2. The van der Waals surface area contributed by atoms with E-state index in [9.17, 15) is 0 Å². The molecule has 1 atom stereocenters. The summed E-state index contributed by atoms with van der Waals surface area (Å²) in [6.07, 6.45) is 3.28. The van der Waals surface area contributed by atoms with Gasteiger partial charge in [0.2, 0.25) is 5.96 Å². The molecule has 0 heterocycles. The Balaban J connectivity index is 4.52. The molecule has 0 radical (unpaired) electrons. The minimum Gasteiger partial charge on any atom is -0.383 e. The van der Waals surface area contributed by atoms with Crippen LogP contribution in [0.3, 0.4) is 0 Å². The molecule has 5 nitrogen and oxygen atoms in total.